The molecule has 0 unspecified atom stereocenters. The van der Waals surface area contributed by atoms with Crippen molar-refractivity contribution in [3.8, 4) is 22.3 Å². The van der Waals surface area contributed by atoms with Crippen LogP contribution in [-0.2, 0) is 32.7 Å². The maximum atomic E-state index is 2.26. The van der Waals surface area contributed by atoms with Gasteiger partial charge in [0.1, 0.15) is 0 Å². The summed E-state index contributed by atoms with van der Waals surface area (Å²) in [5.41, 5.74) is 6.38. The van der Waals surface area contributed by atoms with Crippen LogP contribution < -0.4 is 0 Å². The molecule has 1 radical (unpaired) electrons. The first kappa shape index (κ1) is 15.2. The Balaban J connectivity index is 0.00000147. The summed E-state index contributed by atoms with van der Waals surface area (Å²) in [4.78, 5) is 0. The van der Waals surface area contributed by atoms with Gasteiger partial charge in [0.05, 0.1) is 0 Å². The molecular formula is C19H16Y. The summed E-state index contributed by atoms with van der Waals surface area (Å²) in [6.45, 7) is 2.15. The number of rotatable bonds is 2. The molecule has 95 valence electrons. The van der Waals surface area contributed by atoms with E-state index in [1.807, 2.05) is 0 Å². The van der Waals surface area contributed by atoms with Crippen molar-refractivity contribution in [2.24, 2.45) is 0 Å². The van der Waals surface area contributed by atoms with Gasteiger partial charge in [-0.25, -0.2) is 0 Å². The third kappa shape index (κ3) is 3.45. The Morgan fingerprint density at radius 1 is 0.500 bits per heavy atom. The van der Waals surface area contributed by atoms with Gasteiger partial charge in [0, 0.05) is 32.7 Å². The van der Waals surface area contributed by atoms with Gasteiger partial charge in [0.15, 0.2) is 0 Å². The van der Waals surface area contributed by atoms with Crippen LogP contribution in [0.3, 0.4) is 0 Å². The van der Waals surface area contributed by atoms with Crippen LogP contribution in [-0.4, -0.2) is 0 Å². The molecule has 0 saturated heterocycles. The van der Waals surface area contributed by atoms with E-state index in [0.717, 1.165) is 0 Å². The van der Waals surface area contributed by atoms with E-state index in [1.165, 1.54) is 27.8 Å². The van der Waals surface area contributed by atoms with Gasteiger partial charge < -0.3 is 0 Å². The predicted molar refractivity (Wildman–Crippen MR) is 82.1 cm³/mol. The Kier molecular flexibility index (Phi) is 5.28. The summed E-state index contributed by atoms with van der Waals surface area (Å²) in [5.74, 6) is 0. The van der Waals surface area contributed by atoms with E-state index < -0.39 is 0 Å². The van der Waals surface area contributed by atoms with Crippen LogP contribution in [0.2, 0.25) is 0 Å². The van der Waals surface area contributed by atoms with Crippen LogP contribution in [0.1, 0.15) is 5.56 Å². The minimum absolute atomic E-state index is 0. The zero-order valence-electron chi connectivity index (χ0n) is 11.6. The maximum absolute atomic E-state index is 2.26. The molecule has 0 fully saturated rings. The fourth-order valence-electron chi connectivity index (χ4n) is 2.38. The second kappa shape index (κ2) is 6.97. The molecule has 0 aliphatic carbocycles. The summed E-state index contributed by atoms with van der Waals surface area (Å²) in [5, 5.41) is 0. The van der Waals surface area contributed by atoms with Gasteiger partial charge >= 0.3 is 0 Å². The largest absolute Gasteiger partial charge is 0.0622 e. The number of benzene rings is 3. The molecule has 0 bridgehead atoms. The van der Waals surface area contributed by atoms with Crippen LogP contribution in [0.4, 0.5) is 0 Å². The molecule has 0 aliphatic heterocycles. The van der Waals surface area contributed by atoms with E-state index in [-0.39, 0.29) is 32.7 Å². The van der Waals surface area contributed by atoms with Crippen LogP contribution >= 0.6 is 0 Å². The number of hydrogen-bond donors (Lipinski definition) is 0. The van der Waals surface area contributed by atoms with E-state index in [4.69, 9.17) is 0 Å². The van der Waals surface area contributed by atoms with Crippen LogP contribution in [0.25, 0.3) is 22.3 Å². The molecule has 0 heterocycles. The third-order valence-electron chi connectivity index (χ3n) is 3.29. The molecule has 1 heteroatoms. The maximum Gasteiger partial charge on any atom is 0 e. The molecule has 3 aromatic carbocycles. The molecule has 0 aromatic heterocycles. The third-order valence-corrected chi connectivity index (χ3v) is 3.29. The molecule has 20 heavy (non-hydrogen) atoms. The standard InChI is InChI=1S/C19H16.Y/c1-15-12-18(16-8-4-2-5-9-16)14-19(13-15)17-10-6-3-7-11-17;/h2-14H,1H3;. The van der Waals surface area contributed by atoms with Crippen molar-refractivity contribution in [3.63, 3.8) is 0 Å². The normalized spacial score (nSPS) is 9.85. The first-order chi connectivity index (χ1) is 9.33. The Hall–Kier alpha value is -1.24. The van der Waals surface area contributed by atoms with Gasteiger partial charge in [-0.05, 0) is 40.8 Å². The van der Waals surface area contributed by atoms with E-state index in [1.54, 1.807) is 0 Å². The molecule has 3 aromatic rings. The number of hydrogen-bond acceptors (Lipinski definition) is 0. The first-order valence-corrected chi connectivity index (χ1v) is 6.55. The summed E-state index contributed by atoms with van der Waals surface area (Å²) < 4.78 is 0. The minimum Gasteiger partial charge on any atom is -0.0622 e. The second-order valence-corrected chi connectivity index (χ2v) is 4.82. The molecule has 0 N–H and O–H groups in total. The van der Waals surface area contributed by atoms with Crippen molar-refractivity contribution in [1.82, 2.24) is 0 Å². The van der Waals surface area contributed by atoms with Crippen LogP contribution in [0.5, 0.6) is 0 Å². The molecule has 0 atom stereocenters. The topological polar surface area (TPSA) is 0 Å². The summed E-state index contributed by atoms with van der Waals surface area (Å²) in [6, 6.07) is 27.8. The van der Waals surface area contributed by atoms with Crippen LogP contribution in [0, 0.1) is 6.92 Å². The molecule has 3 rings (SSSR count). The quantitative estimate of drug-likeness (QED) is 0.595. The average Bonchev–Trinajstić information content (AvgIpc) is 2.48. The Morgan fingerprint density at radius 3 is 1.30 bits per heavy atom. The molecule has 0 aliphatic rings. The van der Waals surface area contributed by atoms with Crippen molar-refractivity contribution in [2.75, 3.05) is 0 Å². The van der Waals surface area contributed by atoms with E-state index in [2.05, 4.69) is 85.8 Å². The fourth-order valence-corrected chi connectivity index (χ4v) is 2.38. The number of aryl methyl sites for hydroxylation is 1. The van der Waals surface area contributed by atoms with Gasteiger partial charge in [0.25, 0.3) is 0 Å². The van der Waals surface area contributed by atoms with Crippen molar-refractivity contribution < 1.29 is 32.7 Å². The summed E-state index contributed by atoms with van der Waals surface area (Å²) in [6.07, 6.45) is 0. The smallest absolute Gasteiger partial charge is 0 e. The molecule has 0 spiro atoms. The van der Waals surface area contributed by atoms with Gasteiger partial charge in [-0.15, -0.1) is 0 Å². The van der Waals surface area contributed by atoms with Gasteiger partial charge in [-0.2, -0.15) is 0 Å². The zero-order chi connectivity index (χ0) is 13.1. The molecule has 0 saturated carbocycles. The average molecular weight is 333 g/mol. The summed E-state index contributed by atoms with van der Waals surface area (Å²) >= 11 is 0. The van der Waals surface area contributed by atoms with Crippen molar-refractivity contribution in [2.45, 2.75) is 6.92 Å². The summed E-state index contributed by atoms with van der Waals surface area (Å²) in [7, 11) is 0. The van der Waals surface area contributed by atoms with Crippen LogP contribution in [0.15, 0.2) is 78.9 Å². The van der Waals surface area contributed by atoms with Gasteiger partial charge in [-0.3, -0.25) is 0 Å². The minimum atomic E-state index is 0. The Labute approximate surface area is 145 Å². The van der Waals surface area contributed by atoms with E-state index in [9.17, 15) is 0 Å². The van der Waals surface area contributed by atoms with Gasteiger partial charge in [-0.1, -0.05) is 72.8 Å². The van der Waals surface area contributed by atoms with Crippen molar-refractivity contribution in [3.05, 3.63) is 84.4 Å². The molecule has 0 nitrogen and oxygen atoms in total. The van der Waals surface area contributed by atoms with Crippen molar-refractivity contribution in [1.29, 1.82) is 0 Å². The zero-order valence-corrected chi connectivity index (χ0v) is 14.4. The Morgan fingerprint density at radius 2 is 0.900 bits per heavy atom. The Bertz CT molecular complexity index is 615. The molecule has 0 amide bonds. The van der Waals surface area contributed by atoms with E-state index in [0.29, 0.717) is 0 Å². The molecular weight excluding hydrogens is 317 g/mol. The van der Waals surface area contributed by atoms with E-state index >= 15 is 0 Å². The predicted octanol–water partition coefficient (Wildman–Crippen LogP) is 5.33. The van der Waals surface area contributed by atoms with Gasteiger partial charge in [0.2, 0.25) is 0 Å². The second-order valence-electron chi connectivity index (χ2n) is 4.82. The SMILES string of the molecule is Cc1cc(-c2ccccc2)cc(-c2ccccc2)c1.[Y]. The first-order valence-electron chi connectivity index (χ1n) is 6.55. The fraction of sp³-hybridized carbons (Fsp3) is 0.0526. The van der Waals surface area contributed by atoms with Crippen molar-refractivity contribution >= 4 is 0 Å². The monoisotopic (exact) mass is 333 g/mol.